The van der Waals surface area contributed by atoms with E-state index in [1.54, 1.807) is 0 Å². The molecule has 4 nitrogen and oxygen atoms in total. The summed E-state index contributed by atoms with van der Waals surface area (Å²) in [5, 5.41) is 0. The summed E-state index contributed by atoms with van der Waals surface area (Å²) in [6.45, 7) is 4.55. The second-order valence-electron chi connectivity index (χ2n) is 14.2. The van der Waals surface area contributed by atoms with Crippen LogP contribution in [0.2, 0.25) is 0 Å². The van der Waals surface area contributed by atoms with Gasteiger partial charge in [-0.1, -0.05) is 159 Å². The Labute approximate surface area is 309 Å². The van der Waals surface area contributed by atoms with Crippen molar-refractivity contribution in [2.24, 2.45) is 0 Å². The molecule has 53 heavy (non-hydrogen) atoms. The summed E-state index contributed by atoms with van der Waals surface area (Å²) in [5.41, 5.74) is 13.8. The number of para-hydroxylation sites is 1. The highest BCUT2D eigenvalue weighted by Gasteiger charge is 2.39. The van der Waals surface area contributed by atoms with Gasteiger partial charge in [0.2, 0.25) is 0 Å². The van der Waals surface area contributed by atoms with Gasteiger partial charge < -0.3 is 9.47 Å². The van der Waals surface area contributed by atoms with Crippen molar-refractivity contribution in [1.82, 2.24) is 9.97 Å². The third-order valence-electron chi connectivity index (χ3n) is 10.6. The van der Waals surface area contributed by atoms with E-state index in [0.29, 0.717) is 17.3 Å². The van der Waals surface area contributed by atoms with Crippen LogP contribution in [0, 0.1) is 0 Å². The van der Waals surface area contributed by atoms with E-state index in [1.165, 1.54) is 22.3 Å². The Morgan fingerprint density at radius 1 is 0.396 bits per heavy atom. The Morgan fingerprint density at radius 3 is 1.79 bits per heavy atom. The molecule has 1 aromatic heterocycles. The summed E-state index contributed by atoms with van der Waals surface area (Å²) >= 11 is 0. The fraction of sp³-hybridized carbons (Fsp3) is 0.0612. The van der Waals surface area contributed by atoms with Crippen molar-refractivity contribution < 1.29 is 9.47 Å². The van der Waals surface area contributed by atoms with Crippen molar-refractivity contribution >= 4 is 0 Å². The molecule has 0 bridgehead atoms. The Hall–Kier alpha value is -6.78. The fourth-order valence-corrected chi connectivity index (χ4v) is 7.84. The Balaban J connectivity index is 1.03. The molecule has 0 amide bonds. The third kappa shape index (κ3) is 5.22. The van der Waals surface area contributed by atoms with E-state index >= 15 is 0 Å². The highest BCUT2D eigenvalue weighted by atomic mass is 16.6. The zero-order valence-electron chi connectivity index (χ0n) is 29.4. The second-order valence-corrected chi connectivity index (χ2v) is 14.2. The minimum Gasteiger partial charge on any atom is -0.449 e. The fourth-order valence-electron chi connectivity index (χ4n) is 7.84. The topological polar surface area (TPSA) is 44.2 Å². The lowest BCUT2D eigenvalue weighted by Crippen LogP contribution is -2.15. The zero-order chi connectivity index (χ0) is 35.5. The predicted molar refractivity (Wildman–Crippen MR) is 213 cm³/mol. The number of hydrogen-bond acceptors (Lipinski definition) is 4. The molecule has 0 N–H and O–H groups in total. The summed E-state index contributed by atoms with van der Waals surface area (Å²) in [4.78, 5) is 10.2. The number of fused-ring (bicyclic) bond motifs is 6. The van der Waals surface area contributed by atoms with Gasteiger partial charge in [0.05, 0.1) is 11.4 Å². The van der Waals surface area contributed by atoms with Crippen LogP contribution in [0.5, 0.6) is 23.0 Å². The molecule has 0 saturated carbocycles. The first-order valence-corrected chi connectivity index (χ1v) is 18.0. The van der Waals surface area contributed by atoms with Crippen LogP contribution >= 0.6 is 0 Å². The van der Waals surface area contributed by atoms with Crippen LogP contribution in [0.3, 0.4) is 0 Å². The molecule has 2 aliphatic rings. The molecule has 4 heteroatoms. The smallest absolute Gasteiger partial charge is 0.178 e. The molecule has 0 spiro atoms. The van der Waals surface area contributed by atoms with Gasteiger partial charge in [-0.2, -0.15) is 0 Å². The van der Waals surface area contributed by atoms with Gasteiger partial charge in [-0.3, -0.25) is 0 Å². The molecule has 0 saturated heterocycles. The Bertz CT molecular complexity index is 2680. The van der Waals surface area contributed by atoms with Crippen molar-refractivity contribution in [2.45, 2.75) is 19.3 Å². The molecule has 1 aliphatic carbocycles. The first-order chi connectivity index (χ1) is 26.0. The van der Waals surface area contributed by atoms with Gasteiger partial charge in [0.25, 0.3) is 0 Å². The Morgan fingerprint density at radius 2 is 1.00 bits per heavy atom. The summed E-state index contributed by atoms with van der Waals surface area (Å²) in [7, 11) is 0. The van der Waals surface area contributed by atoms with E-state index in [1.807, 2.05) is 42.5 Å². The van der Waals surface area contributed by atoms with E-state index in [4.69, 9.17) is 19.4 Å². The summed E-state index contributed by atoms with van der Waals surface area (Å²) in [5.74, 6) is 3.58. The number of rotatable bonds is 5. The van der Waals surface area contributed by atoms with Crippen LogP contribution in [0.4, 0.5) is 0 Å². The number of benzene rings is 7. The quantitative estimate of drug-likeness (QED) is 0.181. The molecule has 0 unspecified atom stereocenters. The molecule has 252 valence electrons. The van der Waals surface area contributed by atoms with E-state index in [2.05, 4.69) is 141 Å². The molecule has 1 aliphatic heterocycles. The minimum atomic E-state index is -0.135. The van der Waals surface area contributed by atoms with E-state index in [9.17, 15) is 0 Å². The van der Waals surface area contributed by atoms with E-state index < -0.39 is 0 Å². The minimum absolute atomic E-state index is 0.135. The summed E-state index contributed by atoms with van der Waals surface area (Å²) in [6.07, 6.45) is 0. The van der Waals surface area contributed by atoms with Gasteiger partial charge in [-0.25, -0.2) is 9.97 Å². The number of ether oxygens (including phenoxy) is 2. The van der Waals surface area contributed by atoms with Crippen molar-refractivity contribution in [3.05, 3.63) is 181 Å². The van der Waals surface area contributed by atoms with Gasteiger partial charge in [0.15, 0.2) is 28.8 Å². The molecule has 8 aromatic rings. The van der Waals surface area contributed by atoms with Crippen LogP contribution in [-0.4, -0.2) is 9.97 Å². The van der Waals surface area contributed by atoms with E-state index in [0.717, 1.165) is 61.8 Å². The molecule has 0 fully saturated rings. The highest BCUT2D eigenvalue weighted by Crippen LogP contribution is 2.59. The second kappa shape index (κ2) is 12.2. The molecule has 0 atom stereocenters. The highest BCUT2D eigenvalue weighted by molar-refractivity contribution is 5.89. The maximum atomic E-state index is 6.89. The number of hydrogen-bond donors (Lipinski definition) is 0. The lowest BCUT2D eigenvalue weighted by molar-refractivity contribution is 0.361. The third-order valence-corrected chi connectivity index (χ3v) is 10.6. The molecular weight excluding hydrogens is 649 g/mol. The number of nitrogens with zero attached hydrogens (tertiary/aromatic N) is 2. The van der Waals surface area contributed by atoms with Crippen LogP contribution in [0.25, 0.3) is 67.3 Å². The van der Waals surface area contributed by atoms with Gasteiger partial charge in [0.1, 0.15) is 0 Å². The SMILES string of the molecule is CC1(C)c2ccccc2-c2c1ccc1c2Oc2c(cccc2-c2ccc(-c3nc(-c4ccccc4)cc(-c4cccc(-c5ccccc5)c4)n3)cc2)O1. The van der Waals surface area contributed by atoms with Crippen molar-refractivity contribution in [2.75, 3.05) is 0 Å². The largest absolute Gasteiger partial charge is 0.449 e. The van der Waals surface area contributed by atoms with Gasteiger partial charge >= 0.3 is 0 Å². The summed E-state index contributed by atoms with van der Waals surface area (Å²) < 4.78 is 13.4. The predicted octanol–water partition coefficient (Wildman–Crippen LogP) is 13.0. The first-order valence-electron chi connectivity index (χ1n) is 18.0. The van der Waals surface area contributed by atoms with Crippen LogP contribution < -0.4 is 9.47 Å². The molecule has 2 heterocycles. The van der Waals surface area contributed by atoms with Gasteiger partial charge in [-0.15, -0.1) is 0 Å². The average Bonchev–Trinajstić information content (AvgIpc) is 3.46. The van der Waals surface area contributed by atoms with Gasteiger partial charge in [-0.05, 0) is 57.6 Å². The summed E-state index contributed by atoms with van der Waals surface area (Å²) in [6, 6.07) is 58.7. The number of aromatic nitrogens is 2. The Kier molecular flexibility index (Phi) is 7.12. The van der Waals surface area contributed by atoms with Crippen LogP contribution in [0.1, 0.15) is 25.0 Å². The zero-order valence-corrected chi connectivity index (χ0v) is 29.4. The molecule has 10 rings (SSSR count). The van der Waals surface area contributed by atoms with Crippen molar-refractivity contribution in [1.29, 1.82) is 0 Å². The monoisotopic (exact) mass is 682 g/mol. The molecule has 0 radical (unpaired) electrons. The molecular formula is C49H34N2O2. The lowest BCUT2D eigenvalue weighted by atomic mass is 9.82. The van der Waals surface area contributed by atoms with Crippen molar-refractivity contribution in [3.8, 4) is 90.3 Å². The van der Waals surface area contributed by atoms with Crippen LogP contribution in [-0.2, 0) is 5.41 Å². The standard InChI is InChI=1S/C49H34N2O2/c1-49(2)39-21-10-9-19-38(39)45-40(49)27-28-44-47(45)53-46-37(20-12-22-43(46)52-44)32-23-25-34(26-24-32)48-50-41(33-15-7-4-8-16-33)30-42(51-48)36-18-11-17-35(29-36)31-13-5-3-6-14-31/h3-30H,1-2H3. The van der Waals surface area contributed by atoms with E-state index in [-0.39, 0.29) is 5.41 Å². The maximum absolute atomic E-state index is 6.89. The van der Waals surface area contributed by atoms with Crippen LogP contribution in [0.15, 0.2) is 170 Å². The first kappa shape index (κ1) is 31.0. The maximum Gasteiger partial charge on any atom is 0.178 e. The lowest BCUT2D eigenvalue weighted by Gasteiger charge is -2.26. The molecule has 7 aromatic carbocycles. The van der Waals surface area contributed by atoms with Gasteiger partial charge in [0, 0.05) is 33.2 Å². The van der Waals surface area contributed by atoms with Crippen molar-refractivity contribution in [3.63, 3.8) is 0 Å². The average molecular weight is 683 g/mol. The normalized spacial score (nSPS) is 13.2.